The maximum absolute atomic E-state index is 11.4. The van der Waals surface area contributed by atoms with Crippen molar-refractivity contribution in [3.05, 3.63) is 41.6 Å². The minimum Gasteiger partial charge on any atom is -0.477 e. The number of nitrogens with zero attached hydrogens (tertiary/aromatic N) is 1. The Bertz CT molecular complexity index is 533. The molecule has 0 aromatic heterocycles. The maximum atomic E-state index is 11.4. The fourth-order valence-electron chi connectivity index (χ4n) is 2.56. The van der Waals surface area contributed by atoms with E-state index >= 15 is 0 Å². The van der Waals surface area contributed by atoms with Crippen molar-refractivity contribution in [3.8, 4) is 0 Å². The molecule has 86 valence electrons. The smallest absolute Gasteiger partial charge is 0.352 e. The maximum Gasteiger partial charge on any atom is 0.352 e. The number of hydrogen-bond donors (Lipinski definition) is 1. The Balaban J connectivity index is 2.10. The molecule has 2 heterocycles. The zero-order valence-electron chi connectivity index (χ0n) is 9.09. The lowest BCUT2D eigenvalue weighted by molar-refractivity contribution is -0.147. The van der Waals surface area contributed by atoms with Gasteiger partial charge in [0, 0.05) is 6.42 Å². The number of carboxylic acids is 1. The van der Waals surface area contributed by atoms with Crippen molar-refractivity contribution in [2.24, 2.45) is 0 Å². The quantitative estimate of drug-likeness (QED) is 0.781. The van der Waals surface area contributed by atoms with Crippen LogP contribution >= 0.6 is 0 Å². The third-order valence-electron chi connectivity index (χ3n) is 3.34. The highest BCUT2D eigenvalue weighted by molar-refractivity contribution is 6.05. The van der Waals surface area contributed by atoms with Crippen LogP contribution in [-0.4, -0.2) is 27.9 Å². The van der Waals surface area contributed by atoms with E-state index in [0.717, 1.165) is 11.1 Å². The number of carboxylic acid groups (broad SMARTS) is 1. The summed E-state index contributed by atoms with van der Waals surface area (Å²) in [4.78, 5) is 24.1. The van der Waals surface area contributed by atoms with E-state index in [4.69, 9.17) is 0 Å². The van der Waals surface area contributed by atoms with E-state index in [9.17, 15) is 14.7 Å². The van der Waals surface area contributed by atoms with Gasteiger partial charge in [0.05, 0.1) is 6.04 Å². The van der Waals surface area contributed by atoms with Crippen molar-refractivity contribution >= 4 is 17.4 Å². The lowest BCUT2D eigenvalue weighted by Crippen LogP contribution is -2.49. The number of carbonyl (C=O) groups is 2. The summed E-state index contributed by atoms with van der Waals surface area (Å²) < 4.78 is 0. The van der Waals surface area contributed by atoms with Gasteiger partial charge in [-0.2, -0.15) is 0 Å². The molecule has 1 unspecified atom stereocenters. The standard InChI is InChI=1S/C13H11NO3/c15-11-7-9-6-10(8-4-2-1-3-5-8)12(13(16)17)14(9)11/h1-5,9H,6-7H2,(H,16,17). The van der Waals surface area contributed by atoms with E-state index in [2.05, 4.69) is 0 Å². The monoisotopic (exact) mass is 229 g/mol. The average Bonchev–Trinajstić information content (AvgIpc) is 2.63. The topological polar surface area (TPSA) is 57.6 Å². The number of hydrogen-bond acceptors (Lipinski definition) is 2. The molecule has 1 fully saturated rings. The second kappa shape index (κ2) is 3.45. The van der Waals surface area contributed by atoms with Gasteiger partial charge in [-0.05, 0) is 17.6 Å². The van der Waals surface area contributed by atoms with Crippen LogP contribution in [0.2, 0.25) is 0 Å². The van der Waals surface area contributed by atoms with E-state index in [1.54, 1.807) is 0 Å². The zero-order valence-corrected chi connectivity index (χ0v) is 9.09. The van der Waals surface area contributed by atoms with Crippen molar-refractivity contribution in [2.75, 3.05) is 0 Å². The molecule has 0 spiro atoms. The van der Waals surface area contributed by atoms with E-state index < -0.39 is 5.97 Å². The summed E-state index contributed by atoms with van der Waals surface area (Å²) >= 11 is 0. The van der Waals surface area contributed by atoms with Gasteiger partial charge in [0.15, 0.2) is 0 Å². The summed E-state index contributed by atoms with van der Waals surface area (Å²) in [7, 11) is 0. The predicted molar refractivity (Wildman–Crippen MR) is 60.9 cm³/mol. The highest BCUT2D eigenvalue weighted by Gasteiger charge is 2.47. The first kappa shape index (κ1) is 10.1. The van der Waals surface area contributed by atoms with Crippen molar-refractivity contribution < 1.29 is 14.7 Å². The Morgan fingerprint density at radius 2 is 1.94 bits per heavy atom. The number of carbonyl (C=O) groups excluding carboxylic acids is 1. The molecule has 2 aliphatic rings. The lowest BCUT2D eigenvalue weighted by atomic mass is 9.97. The molecule has 1 saturated heterocycles. The Morgan fingerprint density at radius 1 is 1.24 bits per heavy atom. The largest absolute Gasteiger partial charge is 0.477 e. The van der Waals surface area contributed by atoms with E-state index in [1.165, 1.54) is 4.90 Å². The fraction of sp³-hybridized carbons (Fsp3) is 0.231. The Hall–Kier alpha value is -2.10. The fourth-order valence-corrected chi connectivity index (χ4v) is 2.56. The summed E-state index contributed by atoms with van der Waals surface area (Å²) in [6, 6.07) is 9.46. The summed E-state index contributed by atoms with van der Waals surface area (Å²) in [5.41, 5.74) is 1.83. The first-order valence-electron chi connectivity index (χ1n) is 5.52. The van der Waals surface area contributed by atoms with Gasteiger partial charge in [-0.3, -0.25) is 4.79 Å². The summed E-state index contributed by atoms with van der Waals surface area (Å²) in [6.45, 7) is 0. The van der Waals surface area contributed by atoms with Crippen LogP contribution in [0, 0.1) is 0 Å². The van der Waals surface area contributed by atoms with Gasteiger partial charge in [-0.15, -0.1) is 0 Å². The van der Waals surface area contributed by atoms with Crippen LogP contribution in [0.5, 0.6) is 0 Å². The molecule has 1 atom stereocenters. The third kappa shape index (κ3) is 1.37. The first-order chi connectivity index (χ1) is 8.18. The van der Waals surface area contributed by atoms with E-state index in [0.29, 0.717) is 12.8 Å². The molecule has 0 aliphatic carbocycles. The molecule has 4 heteroatoms. The normalized spacial score (nSPS) is 22.5. The van der Waals surface area contributed by atoms with Crippen molar-refractivity contribution in [1.29, 1.82) is 0 Å². The number of amides is 1. The second-order valence-corrected chi connectivity index (χ2v) is 4.32. The molecule has 0 radical (unpaired) electrons. The van der Waals surface area contributed by atoms with Crippen LogP contribution in [0.3, 0.4) is 0 Å². The summed E-state index contributed by atoms with van der Waals surface area (Å²) in [6.07, 6.45) is 1.12. The third-order valence-corrected chi connectivity index (χ3v) is 3.34. The van der Waals surface area contributed by atoms with Gasteiger partial charge in [-0.25, -0.2) is 4.79 Å². The van der Waals surface area contributed by atoms with Crippen molar-refractivity contribution in [1.82, 2.24) is 4.90 Å². The van der Waals surface area contributed by atoms with Crippen molar-refractivity contribution in [2.45, 2.75) is 18.9 Å². The number of β-lactam (4-membered cyclic amide) rings is 1. The van der Waals surface area contributed by atoms with Gasteiger partial charge in [0.1, 0.15) is 5.70 Å². The van der Waals surface area contributed by atoms with Gasteiger partial charge >= 0.3 is 5.97 Å². The Morgan fingerprint density at radius 3 is 2.53 bits per heavy atom. The molecule has 4 nitrogen and oxygen atoms in total. The number of benzene rings is 1. The molecule has 17 heavy (non-hydrogen) atoms. The van der Waals surface area contributed by atoms with Gasteiger partial charge in [0.2, 0.25) is 5.91 Å². The molecule has 1 aromatic carbocycles. The highest BCUT2D eigenvalue weighted by Crippen LogP contribution is 2.42. The van der Waals surface area contributed by atoms with Crippen molar-refractivity contribution in [3.63, 3.8) is 0 Å². The van der Waals surface area contributed by atoms with E-state index in [1.807, 2.05) is 30.3 Å². The number of aliphatic carboxylic acids is 1. The minimum atomic E-state index is -1.01. The lowest BCUT2D eigenvalue weighted by Gasteiger charge is -2.35. The van der Waals surface area contributed by atoms with Gasteiger partial charge < -0.3 is 10.0 Å². The first-order valence-corrected chi connectivity index (χ1v) is 5.52. The van der Waals surface area contributed by atoms with Crippen LogP contribution in [0.25, 0.3) is 5.57 Å². The molecular weight excluding hydrogens is 218 g/mol. The number of fused-ring (bicyclic) bond motifs is 1. The van der Waals surface area contributed by atoms with Crippen LogP contribution in [0.15, 0.2) is 36.0 Å². The molecule has 1 aromatic rings. The molecule has 3 rings (SSSR count). The predicted octanol–water partition coefficient (Wildman–Crippen LogP) is 1.49. The Kier molecular flexibility index (Phi) is 2.04. The Labute approximate surface area is 98.2 Å². The average molecular weight is 229 g/mol. The summed E-state index contributed by atoms with van der Waals surface area (Å²) in [5, 5.41) is 9.23. The van der Waals surface area contributed by atoms with Gasteiger partial charge in [-0.1, -0.05) is 30.3 Å². The van der Waals surface area contributed by atoms with E-state index in [-0.39, 0.29) is 17.6 Å². The highest BCUT2D eigenvalue weighted by atomic mass is 16.4. The van der Waals surface area contributed by atoms with Crippen LogP contribution in [0.4, 0.5) is 0 Å². The molecule has 1 N–H and O–H groups in total. The van der Waals surface area contributed by atoms with Crippen LogP contribution in [0.1, 0.15) is 18.4 Å². The van der Waals surface area contributed by atoms with Gasteiger partial charge in [0.25, 0.3) is 0 Å². The minimum absolute atomic E-state index is 0.0591. The van der Waals surface area contributed by atoms with Crippen LogP contribution < -0.4 is 0 Å². The van der Waals surface area contributed by atoms with Crippen LogP contribution in [-0.2, 0) is 9.59 Å². The molecule has 1 amide bonds. The molecular formula is C13H11NO3. The molecule has 0 saturated carbocycles. The SMILES string of the molecule is O=C(O)C1=C(c2ccccc2)CC2CC(=O)N12. The zero-order chi connectivity index (χ0) is 12.0. The molecule has 0 bridgehead atoms. The number of rotatable bonds is 2. The summed E-state index contributed by atoms with van der Waals surface area (Å²) in [5.74, 6) is -1.10. The second-order valence-electron chi connectivity index (χ2n) is 4.32. The molecule has 2 aliphatic heterocycles.